The maximum Gasteiger partial charge on any atom is 0.407 e. The summed E-state index contributed by atoms with van der Waals surface area (Å²) in [5.74, 6) is 0.444. The topological polar surface area (TPSA) is 67.9 Å². The van der Waals surface area contributed by atoms with Crippen LogP contribution in [0.1, 0.15) is 5.56 Å². The third-order valence-corrected chi connectivity index (χ3v) is 3.78. The lowest BCUT2D eigenvalue weighted by molar-refractivity contribution is -0.129. The first-order valence-electron chi connectivity index (χ1n) is 8.11. The van der Waals surface area contributed by atoms with E-state index in [0.29, 0.717) is 23.9 Å². The highest BCUT2D eigenvalue weighted by atomic mass is 35.5. The molecule has 2 aromatic rings. The van der Waals surface area contributed by atoms with Gasteiger partial charge >= 0.3 is 6.09 Å². The lowest BCUT2D eigenvalue weighted by Crippen LogP contribution is -2.39. The first-order chi connectivity index (χ1) is 12.5. The fourth-order valence-corrected chi connectivity index (χ4v) is 2.14. The predicted octanol–water partition coefficient (Wildman–Crippen LogP) is 3.10. The van der Waals surface area contributed by atoms with Crippen LogP contribution in [0.2, 0.25) is 5.02 Å². The smallest absolute Gasteiger partial charge is 0.407 e. The number of carbonyl (C=O) groups is 2. The van der Waals surface area contributed by atoms with Crippen molar-refractivity contribution in [1.29, 1.82) is 0 Å². The van der Waals surface area contributed by atoms with E-state index in [2.05, 4.69) is 5.32 Å². The number of amides is 2. The van der Waals surface area contributed by atoms with Gasteiger partial charge in [-0.3, -0.25) is 4.79 Å². The van der Waals surface area contributed by atoms with Crippen LogP contribution in [0, 0.1) is 0 Å². The van der Waals surface area contributed by atoms with Crippen molar-refractivity contribution in [2.75, 3.05) is 26.7 Å². The number of likely N-dealkylation sites (N-methyl/N-ethyl adjacent to an activating group) is 1. The summed E-state index contributed by atoms with van der Waals surface area (Å²) in [4.78, 5) is 25.1. The molecule has 0 aliphatic carbocycles. The van der Waals surface area contributed by atoms with Gasteiger partial charge in [-0.1, -0.05) is 41.9 Å². The summed E-state index contributed by atoms with van der Waals surface area (Å²) in [5, 5.41) is 3.07. The number of alkyl carbamates (subject to hydrolysis) is 1. The molecule has 2 aromatic carbocycles. The second kappa shape index (κ2) is 10.3. The third kappa shape index (κ3) is 7.03. The van der Waals surface area contributed by atoms with E-state index in [1.807, 2.05) is 30.3 Å². The summed E-state index contributed by atoms with van der Waals surface area (Å²) in [6, 6.07) is 16.3. The van der Waals surface area contributed by atoms with E-state index in [-0.39, 0.29) is 19.1 Å². The number of hydrogen-bond acceptors (Lipinski definition) is 4. The van der Waals surface area contributed by atoms with Crippen LogP contribution in [0.15, 0.2) is 54.6 Å². The molecule has 0 aliphatic rings. The van der Waals surface area contributed by atoms with Crippen molar-refractivity contribution in [3.05, 3.63) is 65.2 Å². The lowest BCUT2D eigenvalue weighted by atomic mass is 10.2. The summed E-state index contributed by atoms with van der Waals surface area (Å²) in [6.45, 7) is 0.751. The average Bonchev–Trinajstić information content (AvgIpc) is 2.66. The largest absolute Gasteiger partial charge is 0.492 e. The summed E-state index contributed by atoms with van der Waals surface area (Å²) >= 11 is 5.80. The van der Waals surface area contributed by atoms with Gasteiger partial charge in [0.1, 0.15) is 25.5 Å². The second-order valence-electron chi connectivity index (χ2n) is 5.53. The van der Waals surface area contributed by atoms with Gasteiger partial charge in [0.15, 0.2) is 0 Å². The highest BCUT2D eigenvalue weighted by molar-refractivity contribution is 6.30. The van der Waals surface area contributed by atoms with Gasteiger partial charge in [0, 0.05) is 12.1 Å². The fourth-order valence-electron chi connectivity index (χ4n) is 2.01. The molecule has 2 rings (SSSR count). The van der Waals surface area contributed by atoms with Gasteiger partial charge in [-0.15, -0.1) is 0 Å². The first kappa shape index (κ1) is 19.6. The molecule has 0 saturated heterocycles. The Morgan fingerprint density at radius 3 is 2.46 bits per heavy atom. The first-order valence-corrected chi connectivity index (χ1v) is 8.49. The SMILES string of the molecule is CN(CCOc1ccc(Cl)cc1)C(=O)CNC(=O)OCc1ccccc1. The zero-order chi connectivity index (χ0) is 18.8. The Balaban J connectivity index is 1.61. The number of rotatable bonds is 8. The molecule has 138 valence electrons. The number of carbonyl (C=O) groups excluding carboxylic acids is 2. The Labute approximate surface area is 157 Å². The van der Waals surface area contributed by atoms with Gasteiger partial charge < -0.3 is 19.7 Å². The summed E-state index contributed by atoms with van der Waals surface area (Å²) in [6.07, 6.45) is -0.631. The van der Waals surface area contributed by atoms with Gasteiger partial charge in [0.2, 0.25) is 5.91 Å². The lowest BCUT2D eigenvalue weighted by Gasteiger charge is -2.17. The van der Waals surface area contributed by atoms with Crippen LogP contribution in [-0.4, -0.2) is 43.6 Å². The molecule has 0 radical (unpaired) electrons. The van der Waals surface area contributed by atoms with Crippen molar-refractivity contribution in [3.63, 3.8) is 0 Å². The Bertz CT molecular complexity index is 707. The number of benzene rings is 2. The zero-order valence-corrected chi connectivity index (χ0v) is 15.2. The van der Waals surface area contributed by atoms with Crippen LogP contribution in [0.25, 0.3) is 0 Å². The van der Waals surface area contributed by atoms with Crippen LogP contribution in [0.3, 0.4) is 0 Å². The average molecular weight is 377 g/mol. The second-order valence-corrected chi connectivity index (χ2v) is 5.97. The van der Waals surface area contributed by atoms with E-state index in [1.54, 1.807) is 31.3 Å². The van der Waals surface area contributed by atoms with Crippen molar-refractivity contribution in [2.45, 2.75) is 6.61 Å². The van der Waals surface area contributed by atoms with Crippen LogP contribution < -0.4 is 10.1 Å². The quantitative estimate of drug-likeness (QED) is 0.768. The normalized spacial score (nSPS) is 10.1. The number of hydrogen-bond donors (Lipinski definition) is 1. The van der Waals surface area contributed by atoms with Crippen molar-refractivity contribution in [1.82, 2.24) is 10.2 Å². The molecule has 1 N–H and O–H groups in total. The molecule has 0 heterocycles. The number of nitrogens with one attached hydrogen (secondary N) is 1. The monoisotopic (exact) mass is 376 g/mol. The van der Waals surface area contributed by atoms with Gasteiger partial charge in [0.05, 0.1) is 6.54 Å². The molecular weight excluding hydrogens is 356 g/mol. The van der Waals surface area contributed by atoms with E-state index in [0.717, 1.165) is 5.56 Å². The van der Waals surface area contributed by atoms with Crippen LogP contribution in [0.5, 0.6) is 5.75 Å². The summed E-state index contributed by atoms with van der Waals surface area (Å²) in [5.41, 5.74) is 0.880. The molecule has 0 aromatic heterocycles. The minimum Gasteiger partial charge on any atom is -0.492 e. The standard InChI is InChI=1S/C19H21ClN2O4/c1-22(11-12-25-17-9-7-16(20)8-10-17)18(23)13-21-19(24)26-14-15-5-3-2-4-6-15/h2-10H,11-14H2,1H3,(H,21,24). The molecule has 6 nitrogen and oxygen atoms in total. The number of nitrogens with zero attached hydrogens (tertiary/aromatic N) is 1. The minimum absolute atomic E-state index is 0.134. The fraction of sp³-hybridized carbons (Fsp3) is 0.263. The Morgan fingerprint density at radius 2 is 1.77 bits per heavy atom. The summed E-state index contributed by atoms with van der Waals surface area (Å²) in [7, 11) is 1.64. The maximum absolute atomic E-state index is 12.0. The Hall–Kier alpha value is -2.73. The molecule has 0 fully saturated rings. The van der Waals surface area contributed by atoms with Crippen molar-refractivity contribution < 1.29 is 19.1 Å². The molecule has 7 heteroatoms. The maximum atomic E-state index is 12.0. The van der Waals surface area contributed by atoms with E-state index in [4.69, 9.17) is 21.1 Å². The van der Waals surface area contributed by atoms with Crippen LogP contribution in [-0.2, 0) is 16.1 Å². The third-order valence-electron chi connectivity index (χ3n) is 3.53. The molecule has 0 bridgehead atoms. The molecule has 2 amide bonds. The molecule has 0 aliphatic heterocycles. The number of halogens is 1. The van der Waals surface area contributed by atoms with E-state index in [1.165, 1.54) is 4.90 Å². The molecule has 0 spiro atoms. The predicted molar refractivity (Wildman–Crippen MR) is 99.2 cm³/mol. The zero-order valence-electron chi connectivity index (χ0n) is 14.5. The molecule has 0 unspecified atom stereocenters. The van der Waals surface area contributed by atoms with Crippen LogP contribution in [0.4, 0.5) is 4.79 Å². The highest BCUT2D eigenvalue weighted by Gasteiger charge is 2.11. The van der Waals surface area contributed by atoms with Crippen molar-refractivity contribution in [3.8, 4) is 5.75 Å². The molecule has 0 saturated carbocycles. The highest BCUT2D eigenvalue weighted by Crippen LogP contribution is 2.15. The van der Waals surface area contributed by atoms with E-state index in [9.17, 15) is 9.59 Å². The molecule has 0 atom stereocenters. The summed E-state index contributed by atoms with van der Waals surface area (Å²) < 4.78 is 10.6. The number of ether oxygens (including phenoxy) is 2. The van der Waals surface area contributed by atoms with Crippen molar-refractivity contribution >= 4 is 23.6 Å². The minimum atomic E-state index is -0.631. The molecule has 26 heavy (non-hydrogen) atoms. The van der Waals surface area contributed by atoms with Gasteiger partial charge in [-0.2, -0.15) is 0 Å². The Kier molecular flexibility index (Phi) is 7.76. The van der Waals surface area contributed by atoms with Crippen LogP contribution >= 0.6 is 11.6 Å². The van der Waals surface area contributed by atoms with E-state index < -0.39 is 6.09 Å². The van der Waals surface area contributed by atoms with E-state index >= 15 is 0 Å². The van der Waals surface area contributed by atoms with Crippen molar-refractivity contribution in [2.24, 2.45) is 0 Å². The Morgan fingerprint density at radius 1 is 1.08 bits per heavy atom. The van der Waals surface area contributed by atoms with Gasteiger partial charge in [0.25, 0.3) is 0 Å². The van der Waals surface area contributed by atoms with Gasteiger partial charge in [-0.05, 0) is 29.8 Å². The van der Waals surface area contributed by atoms with Gasteiger partial charge in [-0.25, -0.2) is 4.79 Å². The molecular formula is C19H21ClN2O4.